The average molecular weight is 356 g/mol. The van der Waals surface area contributed by atoms with Gasteiger partial charge in [-0.05, 0) is 84.4 Å². The summed E-state index contributed by atoms with van der Waals surface area (Å²) in [6, 6.07) is 9.96. The van der Waals surface area contributed by atoms with Gasteiger partial charge in [-0.15, -0.1) is 0 Å². The third-order valence-electron chi connectivity index (χ3n) is 5.65. The number of methoxy groups -OCH3 is 1. The van der Waals surface area contributed by atoms with Crippen LogP contribution in [0, 0.1) is 5.41 Å². The standard InChI is InChI=1S/C20H24N2O2S/c1-24-17-4-2-16(3-5-17)19(23)22(13-15-6-11-25-14-15)18-12-20(18)7-9-21-10-8-20/h2-6,11,14,18,21H,7-10,12-13H2,1H3. The molecule has 2 aromatic rings. The van der Waals surface area contributed by atoms with Crippen molar-refractivity contribution in [1.29, 1.82) is 0 Å². The summed E-state index contributed by atoms with van der Waals surface area (Å²) in [6.07, 6.45) is 3.49. The van der Waals surface area contributed by atoms with Gasteiger partial charge < -0.3 is 15.0 Å². The molecule has 1 saturated heterocycles. The van der Waals surface area contributed by atoms with E-state index in [4.69, 9.17) is 4.74 Å². The van der Waals surface area contributed by atoms with E-state index >= 15 is 0 Å². The summed E-state index contributed by atoms with van der Waals surface area (Å²) in [5.74, 6) is 0.913. The average Bonchev–Trinajstić information content (AvgIpc) is 3.08. The van der Waals surface area contributed by atoms with Crippen LogP contribution in [-0.4, -0.2) is 37.0 Å². The van der Waals surface area contributed by atoms with Crippen LogP contribution in [0.25, 0.3) is 0 Å². The second-order valence-electron chi connectivity index (χ2n) is 7.13. The number of amides is 1. The van der Waals surface area contributed by atoms with Crippen molar-refractivity contribution >= 4 is 17.2 Å². The molecule has 1 aliphatic carbocycles. The van der Waals surface area contributed by atoms with Crippen molar-refractivity contribution in [3.63, 3.8) is 0 Å². The Morgan fingerprint density at radius 2 is 2.04 bits per heavy atom. The molecule has 1 atom stereocenters. The molecular weight excluding hydrogens is 332 g/mol. The fraction of sp³-hybridized carbons (Fsp3) is 0.450. The first kappa shape index (κ1) is 16.6. The number of ether oxygens (including phenoxy) is 1. The Labute approximate surface area is 152 Å². The summed E-state index contributed by atoms with van der Waals surface area (Å²) in [5, 5.41) is 7.67. The molecule has 1 aliphatic heterocycles. The van der Waals surface area contributed by atoms with Crippen LogP contribution in [-0.2, 0) is 6.54 Å². The fourth-order valence-corrected chi connectivity index (χ4v) is 4.69. The molecule has 5 heteroatoms. The van der Waals surface area contributed by atoms with Crippen LogP contribution in [0.1, 0.15) is 35.2 Å². The summed E-state index contributed by atoms with van der Waals surface area (Å²) in [7, 11) is 1.64. The number of hydrogen-bond acceptors (Lipinski definition) is 4. The molecule has 25 heavy (non-hydrogen) atoms. The Morgan fingerprint density at radius 3 is 2.68 bits per heavy atom. The minimum Gasteiger partial charge on any atom is -0.497 e. The van der Waals surface area contributed by atoms with Gasteiger partial charge in [-0.2, -0.15) is 11.3 Å². The van der Waals surface area contributed by atoms with Gasteiger partial charge in [0, 0.05) is 18.2 Å². The van der Waals surface area contributed by atoms with Gasteiger partial charge in [0.2, 0.25) is 0 Å². The molecule has 1 saturated carbocycles. The second-order valence-corrected chi connectivity index (χ2v) is 7.91. The zero-order valence-corrected chi connectivity index (χ0v) is 15.3. The highest BCUT2D eigenvalue weighted by atomic mass is 32.1. The lowest BCUT2D eigenvalue weighted by atomic mass is 9.93. The molecule has 1 amide bonds. The van der Waals surface area contributed by atoms with Gasteiger partial charge in [-0.25, -0.2) is 0 Å². The molecule has 2 heterocycles. The molecule has 1 unspecified atom stereocenters. The van der Waals surface area contributed by atoms with E-state index in [0.29, 0.717) is 18.0 Å². The number of nitrogens with one attached hydrogen (secondary N) is 1. The number of thiophene rings is 1. The summed E-state index contributed by atoms with van der Waals surface area (Å²) < 4.78 is 5.21. The van der Waals surface area contributed by atoms with Crippen LogP contribution in [0.5, 0.6) is 5.75 Å². The largest absolute Gasteiger partial charge is 0.497 e. The van der Waals surface area contributed by atoms with Gasteiger partial charge in [0.05, 0.1) is 7.11 Å². The van der Waals surface area contributed by atoms with Gasteiger partial charge in [0.25, 0.3) is 5.91 Å². The van der Waals surface area contributed by atoms with E-state index in [1.54, 1.807) is 18.4 Å². The normalized spacial score (nSPS) is 21.1. The van der Waals surface area contributed by atoms with Crippen LogP contribution >= 0.6 is 11.3 Å². The summed E-state index contributed by atoms with van der Waals surface area (Å²) in [5.41, 5.74) is 2.30. The highest BCUT2D eigenvalue weighted by Gasteiger charge is 2.57. The topological polar surface area (TPSA) is 41.6 Å². The lowest BCUT2D eigenvalue weighted by molar-refractivity contribution is 0.0692. The second kappa shape index (κ2) is 6.81. The number of rotatable bonds is 5. The van der Waals surface area contributed by atoms with Crippen molar-refractivity contribution in [1.82, 2.24) is 10.2 Å². The molecule has 2 aliphatic rings. The summed E-state index contributed by atoms with van der Waals surface area (Å²) >= 11 is 1.69. The Balaban J connectivity index is 1.57. The number of hydrogen-bond donors (Lipinski definition) is 1. The number of nitrogens with zero attached hydrogens (tertiary/aromatic N) is 1. The molecule has 1 spiro atoms. The highest BCUT2D eigenvalue weighted by molar-refractivity contribution is 7.07. The monoisotopic (exact) mass is 356 g/mol. The third kappa shape index (κ3) is 3.31. The minimum absolute atomic E-state index is 0.134. The fourth-order valence-electron chi connectivity index (χ4n) is 4.03. The van der Waals surface area contributed by atoms with Crippen LogP contribution in [0.2, 0.25) is 0 Å². The maximum absolute atomic E-state index is 13.3. The van der Waals surface area contributed by atoms with E-state index in [2.05, 4.69) is 27.0 Å². The molecule has 1 aromatic heterocycles. The van der Waals surface area contributed by atoms with Crippen molar-refractivity contribution in [2.75, 3.05) is 20.2 Å². The molecule has 4 nitrogen and oxygen atoms in total. The third-order valence-corrected chi connectivity index (χ3v) is 6.39. The van der Waals surface area contributed by atoms with E-state index in [1.807, 2.05) is 24.3 Å². The van der Waals surface area contributed by atoms with E-state index in [-0.39, 0.29) is 5.91 Å². The molecule has 2 fully saturated rings. The molecule has 0 radical (unpaired) electrons. The quantitative estimate of drug-likeness (QED) is 0.891. The van der Waals surface area contributed by atoms with Crippen molar-refractivity contribution in [2.24, 2.45) is 5.41 Å². The predicted molar refractivity (Wildman–Crippen MR) is 100 cm³/mol. The van der Waals surface area contributed by atoms with Gasteiger partial charge in [0.15, 0.2) is 0 Å². The smallest absolute Gasteiger partial charge is 0.254 e. The zero-order chi connectivity index (χ0) is 17.3. The maximum Gasteiger partial charge on any atom is 0.254 e. The number of piperidine rings is 1. The van der Waals surface area contributed by atoms with Crippen LogP contribution in [0.4, 0.5) is 0 Å². The molecular formula is C20H24N2O2S. The van der Waals surface area contributed by atoms with Crippen molar-refractivity contribution in [2.45, 2.75) is 31.8 Å². The molecule has 4 rings (SSSR count). The van der Waals surface area contributed by atoms with Gasteiger partial charge in [-0.1, -0.05) is 0 Å². The minimum atomic E-state index is 0.134. The Bertz CT molecular complexity index is 721. The van der Waals surface area contributed by atoms with Crippen molar-refractivity contribution in [3.8, 4) is 5.75 Å². The Hall–Kier alpha value is -1.85. The number of carbonyl (C=O) groups excluding carboxylic acids is 1. The van der Waals surface area contributed by atoms with Crippen LogP contribution in [0.15, 0.2) is 41.1 Å². The zero-order valence-electron chi connectivity index (χ0n) is 14.5. The number of benzene rings is 1. The van der Waals surface area contributed by atoms with E-state index in [9.17, 15) is 4.79 Å². The molecule has 132 valence electrons. The SMILES string of the molecule is COc1ccc(C(=O)N(Cc2ccsc2)C2CC23CCNCC3)cc1. The summed E-state index contributed by atoms with van der Waals surface area (Å²) in [4.78, 5) is 15.4. The molecule has 1 aromatic carbocycles. The van der Waals surface area contributed by atoms with Gasteiger partial charge in [-0.3, -0.25) is 4.79 Å². The van der Waals surface area contributed by atoms with Gasteiger partial charge >= 0.3 is 0 Å². The first-order chi connectivity index (χ1) is 12.2. The van der Waals surface area contributed by atoms with Crippen molar-refractivity contribution in [3.05, 3.63) is 52.2 Å². The van der Waals surface area contributed by atoms with Gasteiger partial charge in [0.1, 0.15) is 5.75 Å². The van der Waals surface area contributed by atoms with E-state index < -0.39 is 0 Å². The molecule has 0 bridgehead atoms. The van der Waals surface area contributed by atoms with Crippen LogP contribution in [0.3, 0.4) is 0 Å². The Morgan fingerprint density at radius 1 is 1.28 bits per heavy atom. The van der Waals surface area contributed by atoms with Crippen LogP contribution < -0.4 is 10.1 Å². The Kier molecular flexibility index (Phi) is 4.52. The van der Waals surface area contributed by atoms with E-state index in [0.717, 1.165) is 30.8 Å². The predicted octanol–water partition coefficient (Wildman–Crippen LogP) is 3.54. The highest BCUT2D eigenvalue weighted by Crippen LogP contribution is 2.56. The maximum atomic E-state index is 13.3. The number of carbonyl (C=O) groups is 1. The first-order valence-electron chi connectivity index (χ1n) is 8.89. The molecule has 1 N–H and O–H groups in total. The lowest BCUT2D eigenvalue weighted by Crippen LogP contribution is -2.39. The van der Waals surface area contributed by atoms with E-state index in [1.165, 1.54) is 18.4 Å². The summed E-state index contributed by atoms with van der Waals surface area (Å²) in [6.45, 7) is 2.84. The first-order valence-corrected chi connectivity index (χ1v) is 9.83. The lowest BCUT2D eigenvalue weighted by Gasteiger charge is -2.29. The van der Waals surface area contributed by atoms with Crippen molar-refractivity contribution < 1.29 is 9.53 Å².